The Labute approximate surface area is 157 Å². The van der Waals surface area contributed by atoms with Crippen LogP contribution in [0.5, 0.6) is 0 Å². The lowest BCUT2D eigenvalue weighted by Crippen LogP contribution is -2.44. The lowest BCUT2D eigenvalue weighted by atomic mass is 10.1. The first kappa shape index (κ1) is 16.1. The molecular formula is C19H22N8. The zero-order chi connectivity index (χ0) is 18.2. The first-order valence-electron chi connectivity index (χ1n) is 9.26. The second-order valence-electron chi connectivity index (χ2n) is 6.97. The molecular weight excluding hydrogens is 340 g/mol. The summed E-state index contributed by atoms with van der Waals surface area (Å²) in [6.45, 7) is 3.71. The Kier molecular flexibility index (Phi) is 3.90. The van der Waals surface area contributed by atoms with Gasteiger partial charge in [0, 0.05) is 36.9 Å². The quantitative estimate of drug-likeness (QED) is 0.749. The molecule has 1 saturated heterocycles. The largest absolute Gasteiger partial charge is 0.309 e. The summed E-state index contributed by atoms with van der Waals surface area (Å²) in [5.41, 5.74) is 3.43. The molecule has 8 heteroatoms. The van der Waals surface area contributed by atoms with Crippen LogP contribution in [0.15, 0.2) is 54.0 Å². The van der Waals surface area contributed by atoms with Crippen molar-refractivity contribution in [3.63, 3.8) is 0 Å². The number of hydrazone groups is 1. The van der Waals surface area contributed by atoms with Gasteiger partial charge in [0.15, 0.2) is 0 Å². The van der Waals surface area contributed by atoms with Gasteiger partial charge in [-0.05, 0) is 49.6 Å². The standard InChI is InChI=1S/C19H22N8/c1-14-12-18(23-22-14)21-19-24-27(13-16-4-2-10-25(16)19)26-11-3-5-17(26)15-6-8-20-9-7-15/h2,4,6-10,12,17H,3,5,11,13H2,1H3,(H2,21,22,23,24). The van der Waals surface area contributed by atoms with Crippen LogP contribution in [0.2, 0.25) is 0 Å². The molecule has 0 radical (unpaired) electrons. The number of nitrogens with zero attached hydrogens (tertiary/aromatic N) is 6. The number of pyridine rings is 1. The van der Waals surface area contributed by atoms with Crippen molar-refractivity contribution in [1.29, 1.82) is 0 Å². The van der Waals surface area contributed by atoms with Crippen LogP contribution in [0.4, 0.5) is 5.82 Å². The van der Waals surface area contributed by atoms with Crippen LogP contribution in [-0.2, 0) is 6.54 Å². The highest BCUT2D eigenvalue weighted by Crippen LogP contribution is 2.34. The average Bonchev–Trinajstić information content (AvgIpc) is 3.42. The molecule has 0 amide bonds. The van der Waals surface area contributed by atoms with E-state index in [9.17, 15) is 0 Å². The van der Waals surface area contributed by atoms with Crippen molar-refractivity contribution in [1.82, 2.24) is 29.9 Å². The number of nitrogens with one attached hydrogen (secondary N) is 2. The molecule has 0 aromatic carbocycles. The van der Waals surface area contributed by atoms with Gasteiger partial charge >= 0.3 is 0 Å². The highest BCUT2D eigenvalue weighted by Gasteiger charge is 2.33. The van der Waals surface area contributed by atoms with Gasteiger partial charge in [0.2, 0.25) is 5.96 Å². The summed E-state index contributed by atoms with van der Waals surface area (Å²) in [5.74, 6) is 1.60. The van der Waals surface area contributed by atoms with Crippen molar-refractivity contribution < 1.29 is 0 Å². The van der Waals surface area contributed by atoms with Crippen LogP contribution < -0.4 is 5.32 Å². The molecule has 5 heterocycles. The number of aryl methyl sites for hydroxylation is 1. The second-order valence-corrected chi connectivity index (χ2v) is 6.97. The number of hydrazine groups is 1. The van der Waals surface area contributed by atoms with Crippen molar-refractivity contribution in [2.75, 3.05) is 11.9 Å². The first-order chi connectivity index (χ1) is 13.3. The van der Waals surface area contributed by atoms with Crippen LogP contribution in [0.3, 0.4) is 0 Å². The maximum absolute atomic E-state index is 4.92. The first-order valence-corrected chi connectivity index (χ1v) is 9.26. The Morgan fingerprint density at radius 1 is 1.22 bits per heavy atom. The van der Waals surface area contributed by atoms with Crippen LogP contribution >= 0.6 is 0 Å². The van der Waals surface area contributed by atoms with Crippen molar-refractivity contribution >= 4 is 11.8 Å². The average molecular weight is 362 g/mol. The molecule has 0 spiro atoms. The van der Waals surface area contributed by atoms with Crippen molar-refractivity contribution in [2.24, 2.45) is 5.10 Å². The number of hydrogen-bond acceptors (Lipinski definition) is 6. The summed E-state index contributed by atoms with van der Waals surface area (Å²) >= 11 is 0. The number of rotatable bonds is 3. The molecule has 2 aliphatic heterocycles. The number of aromatic nitrogens is 4. The number of anilines is 1. The van der Waals surface area contributed by atoms with E-state index in [1.54, 1.807) is 0 Å². The molecule has 1 atom stereocenters. The number of hydrogen-bond donors (Lipinski definition) is 2. The molecule has 0 aliphatic carbocycles. The lowest BCUT2D eigenvalue weighted by molar-refractivity contribution is -0.0485. The number of aromatic amines is 1. The normalized spacial score (nSPS) is 19.8. The second kappa shape index (κ2) is 6.55. The fourth-order valence-corrected chi connectivity index (χ4v) is 3.88. The maximum atomic E-state index is 4.92. The third kappa shape index (κ3) is 2.97. The Balaban J connectivity index is 1.46. The minimum atomic E-state index is 0.328. The summed E-state index contributed by atoms with van der Waals surface area (Å²) in [5, 5.41) is 19.9. The Morgan fingerprint density at radius 3 is 2.93 bits per heavy atom. The number of fused-ring (bicyclic) bond motifs is 1. The predicted octanol–water partition coefficient (Wildman–Crippen LogP) is 2.71. The molecule has 1 unspecified atom stereocenters. The third-order valence-corrected chi connectivity index (χ3v) is 5.14. The summed E-state index contributed by atoms with van der Waals surface area (Å²) in [4.78, 5) is 4.16. The van der Waals surface area contributed by atoms with Gasteiger partial charge in [-0.3, -0.25) is 14.6 Å². The van der Waals surface area contributed by atoms with E-state index in [1.165, 1.54) is 11.3 Å². The summed E-state index contributed by atoms with van der Waals surface area (Å²) < 4.78 is 2.09. The molecule has 27 heavy (non-hydrogen) atoms. The van der Waals surface area contributed by atoms with Gasteiger partial charge in [0.1, 0.15) is 5.82 Å². The molecule has 3 aromatic rings. The molecule has 138 valence electrons. The summed E-state index contributed by atoms with van der Waals surface area (Å²) in [6, 6.07) is 10.7. The van der Waals surface area contributed by atoms with E-state index in [0.717, 1.165) is 43.4 Å². The van der Waals surface area contributed by atoms with Gasteiger partial charge in [0.05, 0.1) is 18.3 Å². The molecule has 3 aromatic heterocycles. The molecule has 0 saturated carbocycles. The van der Waals surface area contributed by atoms with E-state index in [0.29, 0.717) is 6.04 Å². The Hall–Kier alpha value is -3.13. The molecule has 5 rings (SSSR count). The van der Waals surface area contributed by atoms with Gasteiger partial charge in [-0.1, -0.05) is 0 Å². The van der Waals surface area contributed by atoms with Crippen molar-refractivity contribution in [2.45, 2.75) is 32.4 Å². The van der Waals surface area contributed by atoms with E-state index in [2.05, 4.69) is 59.5 Å². The molecule has 2 aliphatic rings. The minimum absolute atomic E-state index is 0.328. The van der Waals surface area contributed by atoms with Crippen LogP contribution in [0.1, 0.15) is 35.8 Å². The molecule has 2 N–H and O–H groups in total. The SMILES string of the molecule is Cc1cc(NC2=NN(N3CCCC3c3ccncc3)Cc3cccn32)[nH]n1. The zero-order valence-corrected chi connectivity index (χ0v) is 15.2. The highest BCUT2D eigenvalue weighted by molar-refractivity contribution is 5.95. The Morgan fingerprint density at radius 2 is 2.11 bits per heavy atom. The van der Waals surface area contributed by atoms with Gasteiger partial charge in [-0.25, -0.2) is 5.12 Å². The highest BCUT2D eigenvalue weighted by atomic mass is 15.8. The van der Waals surface area contributed by atoms with Crippen molar-refractivity contribution in [3.8, 4) is 0 Å². The fraction of sp³-hybridized carbons (Fsp3) is 0.316. The van der Waals surface area contributed by atoms with Gasteiger partial charge in [-0.15, -0.1) is 5.10 Å². The smallest absolute Gasteiger partial charge is 0.232 e. The van der Waals surface area contributed by atoms with E-state index >= 15 is 0 Å². The zero-order valence-electron chi connectivity index (χ0n) is 15.2. The summed E-state index contributed by atoms with van der Waals surface area (Å²) in [7, 11) is 0. The van der Waals surface area contributed by atoms with E-state index in [4.69, 9.17) is 5.10 Å². The summed E-state index contributed by atoms with van der Waals surface area (Å²) in [6.07, 6.45) is 8.04. The monoisotopic (exact) mass is 362 g/mol. The molecule has 0 bridgehead atoms. The van der Waals surface area contributed by atoms with E-state index in [1.807, 2.05) is 31.6 Å². The van der Waals surface area contributed by atoms with Crippen LogP contribution in [-0.4, -0.2) is 42.4 Å². The van der Waals surface area contributed by atoms with E-state index in [-0.39, 0.29) is 0 Å². The van der Waals surface area contributed by atoms with Gasteiger partial charge in [0.25, 0.3) is 0 Å². The Bertz CT molecular complexity index is 957. The van der Waals surface area contributed by atoms with Gasteiger partial charge in [-0.2, -0.15) is 10.1 Å². The maximum Gasteiger partial charge on any atom is 0.232 e. The van der Waals surface area contributed by atoms with E-state index < -0.39 is 0 Å². The lowest BCUT2D eigenvalue weighted by Gasteiger charge is -2.37. The number of H-pyrrole nitrogens is 1. The van der Waals surface area contributed by atoms with Crippen molar-refractivity contribution in [3.05, 3.63) is 65.9 Å². The molecule has 8 nitrogen and oxygen atoms in total. The topological polar surface area (TPSA) is 77.4 Å². The minimum Gasteiger partial charge on any atom is -0.309 e. The predicted molar refractivity (Wildman–Crippen MR) is 103 cm³/mol. The van der Waals surface area contributed by atoms with Crippen LogP contribution in [0, 0.1) is 6.92 Å². The van der Waals surface area contributed by atoms with Gasteiger partial charge < -0.3 is 5.32 Å². The third-order valence-electron chi connectivity index (χ3n) is 5.14. The van der Waals surface area contributed by atoms with Crippen LogP contribution in [0.25, 0.3) is 0 Å². The fourth-order valence-electron chi connectivity index (χ4n) is 3.88. The molecule has 1 fully saturated rings.